The van der Waals surface area contributed by atoms with Gasteiger partial charge in [0.15, 0.2) is 11.5 Å². The molecule has 0 fully saturated rings. The molecule has 0 saturated carbocycles. The molecule has 2 N–H and O–H groups in total. The Morgan fingerprint density at radius 3 is 2.70 bits per heavy atom. The van der Waals surface area contributed by atoms with Gasteiger partial charge in [-0.1, -0.05) is 24.6 Å². The Balaban J connectivity index is 2.38. The molecular weight excluding hydrogens is 297 g/mol. The van der Waals surface area contributed by atoms with Gasteiger partial charge < -0.3 is 10.3 Å². The number of aromatic nitrogens is 4. The van der Waals surface area contributed by atoms with E-state index in [1.807, 2.05) is 0 Å². The van der Waals surface area contributed by atoms with Gasteiger partial charge in [-0.3, -0.25) is 0 Å². The minimum Gasteiger partial charge on any atom is -0.364 e. The third-order valence-corrected chi connectivity index (χ3v) is 5.34. The molecule has 0 aliphatic heterocycles. The Bertz CT molecular complexity index is 599. The van der Waals surface area contributed by atoms with Crippen LogP contribution in [-0.2, 0) is 0 Å². The zero-order chi connectivity index (χ0) is 14.9. The molecule has 0 amide bonds. The van der Waals surface area contributed by atoms with Gasteiger partial charge in [-0.2, -0.15) is 9.37 Å². The average Bonchev–Trinajstić information content (AvgIpc) is 2.76. The number of fused-ring (bicyclic) bond motifs is 1. The summed E-state index contributed by atoms with van der Waals surface area (Å²) in [5, 5.41) is 3.37. The molecule has 110 valence electrons. The zero-order valence-electron chi connectivity index (χ0n) is 11.8. The molecule has 0 unspecified atom stereocenters. The van der Waals surface area contributed by atoms with Crippen molar-refractivity contribution in [2.45, 2.75) is 38.5 Å². The molecule has 2 aromatic rings. The first-order chi connectivity index (χ1) is 9.35. The van der Waals surface area contributed by atoms with Gasteiger partial charge in [0, 0.05) is 10.8 Å². The van der Waals surface area contributed by atoms with Crippen molar-refractivity contribution in [2.75, 3.05) is 5.32 Å². The number of nitrogens with one attached hydrogen (secondary N) is 2. The summed E-state index contributed by atoms with van der Waals surface area (Å²) in [4.78, 5) is 14.4. The van der Waals surface area contributed by atoms with Crippen molar-refractivity contribution in [2.24, 2.45) is 5.92 Å². The lowest BCUT2D eigenvalue weighted by atomic mass is 9.92. The summed E-state index contributed by atoms with van der Waals surface area (Å²) in [7, 11) is 1.48. The molecule has 0 aliphatic carbocycles. The molecule has 2 rings (SSSR count). The van der Waals surface area contributed by atoms with E-state index in [1.54, 1.807) is 0 Å². The van der Waals surface area contributed by atoms with E-state index in [2.05, 4.69) is 64.6 Å². The number of anilines is 1. The first-order valence-electron chi connectivity index (χ1n) is 6.30. The Kier molecular flexibility index (Phi) is 4.43. The molecule has 20 heavy (non-hydrogen) atoms. The smallest absolute Gasteiger partial charge is 0.289 e. The van der Waals surface area contributed by atoms with Gasteiger partial charge in [0.05, 0.1) is 0 Å². The zero-order valence-corrected chi connectivity index (χ0v) is 13.5. The Morgan fingerprint density at radius 1 is 1.40 bits per heavy atom. The lowest BCUT2D eigenvalue weighted by Gasteiger charge is -2.36. The molecular formula is C12H18FN5S2. The summed E-state index contributed by atoms with van der Waals surface area (Å²) >= 11 is 4.34. The van der Waals surface area contributed by atoms with Crippen LogP contribution in [0.2, 0.25) is 0 Å². The maximum atomic E-state index is 13.2. The molecule has 5 nitrogen and oxygen atoms in total. The second-order valence-electron chi connectivity index (χ2n) is 5.51. The molecule has 0 saturated heterocycles. The number of aromatic amines is 1. The fraction of sp³-hybridized carbons (Fsp3) is 0.583. The normalized spacial score (nSPS) is 13.9. The van der Waals surface area contributed by atoms with Gasteiger partial charge in [-0.05, 0) is 19.8 Å². The van der Waals surface area contributed by atoms with E-state index in [9.17, 15) is 4.39 Å². The number of H-pyrrole nitrogens is 1. The Labute approximate surface area is 126 Å². The van der Waals surface area contributed by atoms with Crippen molar-refractivity contribution in [1.29, 1.82) is 0 Å². The van der Waals surface area contributed by atoms with E-state index in [0.717, 1.165) is 0 Å². The molecule has 0 bridgehead atoms. The number of halogens is 1. The summed E-state index contributed by atoms with van der Waals surface area (Å²) in [6, 6.07) is 0.106. The first-order valence-corrected chi connectivity index (χ1v) is 8.17. The number of imidazole rings is 1. The SMILES string of the molecule is CC(C)[C@@H](Nc1ncnc2nc(F)[nH]c12)C(C)(C)SS. The molecule has 1 atom stereocenters. The molecule has 0 radical (unpaired) electrons. The highest BCUT2D eigenvalue weighted by atomic mass is 33.1. The standard InChI is InChI=1S/C12H18FN5S2/c1-6(2)8(12(3,4)20-19)17-9-7-10(15-5-14-9)18-11(13)16-7/h5-6,8,19H,1-4H3,(H2,14,15,16,17,18)/t8-/m1/s1. The van der Waals surface area contributed by atoms with Crippen molar-refractivity contribution in [3.8, 4) is 0 Å². The van der Waals surface area contributed by atoms with E-state index < -0.39 is 6.08 Å². The van der Waals surface area contributed by atoms with Gasteiger partial charge >= 0.3 is 0 Å². The van der Waals surface area contributed by atoms with Gasteiger partial charge in [-0.25, -0.2) is 9.97 Å². The van der Waals surface area contributed by atoms with Crippen LogP contribution in [0.15, 0.2) is 6.33 Å². The molecule has 0 spiro atoms. The number of rotatable bonds is 5. The quantitative estimate of drug-likeness (QED) is 0.449. The first kappa shape index (κ1) is 15.4. The Morgan fingerprint density at radius 2 is 2.10 bits per heavy atom. The highest BCUT2D eigenvalue weighted by Crippen LogP contribution is 2.36. The topological polar surface area (TPSA) is 66.5 Å². The number of thiol groups is 1. The summed E-state index contributed by atoms with van der Waals surface area (Å²) < 4.78 is 13.1. The van der Waals surface area contributed by atoms with Crippen molar-refractivity contribution in [1.82, 2.24) is 19.9 Å². The number of nitrogens with zero attached hydrogens (tertiary/aromatic N) is 3. The maximum absolute atomic E-state index is 13.2. The minimum absolute atomic E-state index is 0.106. The third-order valence-electron chi connectivity index (χ3n) is 3.20. The van der Waals surface area contributed by atoms with Gasteiger partial charge in [-0.15, -0.1) is 11.7 Å². The van der Waals surface area contributed by atoms with Crippen LogP contribution in [0.25, 0.3) is 11.2 Å². The van der Waals surface area contributed by atoms with Crippen LogP contribution < -0.4 is 5.32 Å². The van der Waals surface area contributed by atoms with Crippen LogP contribution in [0.1, 0.15) is 27.7 Å². The van der Waals surface area contributed by atoms with E-state index >= 15 is 0 Å². The lowest BCUT2D eigenvalue weighted by molar-refractivity contribution is 0.446. The highest BCUT2D eigenvalue weighted by Gasteiger charge is 2.32. The highest BCUT2D eigenvalue weighted by molar-refractivity contribution is 8.69. The van der Waals surface area contributed by atoms with E-state index in [1.165, 1.54) is 17.1 Å². The molecule has 8 heteroatoms. The van der Waals surface area contributed by atoms with Crippen LogP contribution in [0.4, 0.5) is 10.2 Å². The van der Waals surface area contributed by atoms with Gasteiger partial charge in [0.1, 0.15) is 11.8 Å². The number of hydrogen-bond donors (Lipinski definition) is 3. The molecule has 2 heterocycles. The summed E-state index contributed by atoms with van der Waals surface area (Å²) in [6.07, 6.45) is 0.718. The monoisotopic (exact) mass is 315 g/mol. The molecule has 0 aliphatic rings. The van der Waals surface area contributed by atoms with E-state index in [-0.39, 0.29) is 10.8 Å². The minimum atomic E-state index is -0.660. The summed E-state index contributed by atoms with van der Waals surface area (Å²) in [6.45, 7) is 8.45. The van der Waals surface area contributed by atoms with Crippen LogP contribution >= 0.6 is 22.5 Å². The predicted octanol–water partition coefficient (Wildman–Crippen LogP) is 3.29. The second kappa shape index (κ2) is 5.77. The lowest BCUT2D eigenvalue weighted by Crippen LogP contribution is -2.43. The van der Waals surface area contributed by atoms with Crippen molar-refractivity contribution < 1.29 is 4.39 Å². The van der Waals surface area contributed by atoms with E-state index in [0.29, 0.717) is 22.9 Å². The van der Waals surface area contributed by atoms with E-state index in [4.69, 9.17) is 0 Å². The van der Waals surface area contributed by atoms with Crippen LogP contribution in [0.3, 0.4) is 0 Å². The summed E-state index contributed by atoms with van der Waals surface area (Å²) in [5.74, 6) is 0.906. The largest absolute Gasteiger partial charge is 0.364 e. The second-order valence-corrected chi connectivity index (χ2v) is 7.29. The molecule has 0 aromatic carbocycles. The molecule has 2 aromatic heterocycles. The average molecular weight is 315 g/mol. The fourth-order valence-corrected chi connectivity index (χ4v) is 3.04. The van der Waals surface area contributed by atoms with Crippen molar-refractivity contribution in [3.63, 3.8) is 0 Å². The van der Waals surface area contributed by atoms with Gasteiger partial charge in [0.2, 0.25) is 0 Å². The van der Waals surface area contributed by atoms with Crippen molar-refractivity contribution >= 4 is 39.4 Å². The van der Waals surface area contributed by atoms with Crippen LogP contribution in [0, 0.1) is 12.0 Å². The maximum Gasteiger partial charge on any atom is 0.289 e. The fourth-order valence-electron chi connectivity index (χ4n) is 2.26. The Hall–Kier alpha value is -1.02. The predicted molar refractivity (Wildman–Crippen MR) is 84.5 cm³/mol. The van der Waals surface area contributed by atoms with Gasteiger partial charge in [0.25, 0.3) is 6.08 Å². The van der Waals surface area contributed by atoms with Crippen LogP contribution in [0.5, 0.6) is 0 Å². The summed E-state index contributed by atoms with van der Waals surface area (Å²) in [5.41, 5.74) is 0.800. The third kappa shape index (κ3) is 3.01. The van der Waals surface area contributed by atoms with Crippen molar-refractivity contribution in [3.05, 3.63) is 12.4 Å². The number of hydrogen-bond acceptors (Lipinski definition) is 6. The van der Waals surface area contributed by atoms with Crippen LogP contribution in [-0.4, -0.2) is 30.7 Å².